The van der Waals surface area contributed by atoms with Gasteiger partial charge in [0.15, 0.2) is 0 Å². The van der Waals surface area contributed by atoms with Crippen molar-refractivity contribution in [3.8, 4) is 5.75 Å². The minimum Gasteiger partial charge on any atom is -0.507 e. The fourth-order valence-corrected chi connectivity index (χ4v) is 4.04. The van der Waals surface area contributed by atoms with Gasteiger partial charge in [0.25, 0.3) is 0 Å². The molecule has 4 nitrogen and oxygen atoms in total. The van der Waals surface area contributed by atoms with E-state index in [4.69, 9.17) is 4.99 Å². The second-order valence-electron chi connectivity index (χ2n) is 7.72. The van der Waals surface area contributed by atoms with Crippen LogP contribution in [0.5, 0.6) is 5.75 Å². The molecule has 4 rings (SSSR count). The van der Waals surface area contributed by atoms with Crippen molar-refractivity contribution in [2.24, 2.45) is 4.99 Å². The predicted molar refractivity (Wildman–Crippen MR) is 106 cm³/mol. The lowest BCUT2D eigenvalue weighted by atomic mass is 9.87. The molecular formula is C22H27N3O. The highest BCUT2D eigenvalue weighted by Gasteiger charge is 2.39. The lowest BCUT2D eigenvalue weighted by Crippen LogP contribution is -2.55. The summed E-state index contributed by atoms with van der Waals surface area (Å²) in [6, 6.07) is 16.5. The van der Waals surface area contributed by atoms with E-state index in [-0.39, 0.29) is 11.7 Å². The molecule has 1 spiro atoms. The van der Waals surface area contributed by atoms with E-state index in [1.54, 1.807) is 6.07 Å². The van der Waals surface area contributed by atoms with Crippen molar-refractivity contribution >= 4 is 5.71 Å². The number of rotatable bonds is 2. The molecule has 0 aliphatic carbocycles. The van der Waals surface area contributed by atoms with Crippen molar-refractivity contribution in [1.82, 2.24) is 10.2 Å². The van der Waals surface area contributed by atoms with Gasteiger partial charge in [-0.25, -0.2) is 0 Å². The van der Waals surface area contributed by atoms with Crippen LogP contribution in [0.3, 0.4) is 0 Å². The molecular weight excluding hydrogens is 322 g/mol. The zero-order valence-corrected chi connectivity index (χ0v) is 15.6. The Morgan fingerprint density at radius 2 is 1.77 bits per heavy atom. The number of phenols is 1. The van der Waals surface area contributed by atoms with E-state index >= 15 is 0 Å². The average molecular weight is 349 g/mol. The van der Waals surface area contributed by atoms with Crippen LogP contribution in [0, 0.1) is 6.92 Å². The van der Waals surface area contributed by atoms with Crippen LogP contribution >= 0.6 is 0 Å². The van der Waals surface area contributed by atoms with Crippen LogP contribution in [-0.4, -0.2) is 41.5 Å². The SMILES string of the molecule is Cc1ccc([C@H]2CC(c3ccccc3O)=NC3(CCN(C)CC3)N2)cc1. The van der Waals surface area contributed by atoms with Crippen molar-refractivity contribution in [1.29, 1.82) is 0 Å². The number of likely N-dealkylation sites (tertiary alicyclic amines) is 1. The third kappa shape index (κ3) is 3.39. The second kappa shape index (κ2) is 6.86. The number of nitrogens with zero attached hydrogens (tertiary/aromatic N) is 2. The van der Waals surface area contributed by atoms with Crippen LogP contribution in [0.1, 0.15) is 42.0 Å². The van der Waals surface area contributed by atoms with Gasteiger partial charge in [-0.05, 0) is 44.5 Å². The molecule has 0 bridgehead atoms. The third-order valence-corrected chi connectivity index (χ3v) is 5.70. The number of para-hydroxylation sites is 1. The highest BCUT2D eigenvalue weighted by atomic mass is 16.3. The lowest BCUT2D eigenvalue weighted by Gasteiger charge is -2.44. The molecule has 0 unspecified atom stereocenters. The summed E-state index contributed by atoms with van der Waals surface area (Å²) in [6.07, 6.45) is 2.77. The number of aromatic hydroxyl groups is 1. The number of benzene rings is 2. The highest BCUT2D eigenvalue weighted by molar-refractivity contribution is 6.03. The Bertz CT molecular complexity index is 804. The quantitative estimate of drug-likeness (QED) is 0.870. The molecule has 4 heteroatoms. The minimum absolute atomic E-state index is 0.214. The fraction of sp³-hybridized carbons (Fsp3) is 0.409. The van der Waals surface area contributed by atoms with Gasteiger partial charge in [0.1, 0.15) is 11.4 Å². The summed E-state index contributed by atoms with van der Waals surface area (Å²) in [5, 5.41) is 14.2. The van der Waals surface area contributed by atoms with Crippen LogP contribution in [0.2, 0.25) is 0 Å². The zero-order valence-electron chi connectivity index (χ0n) is 15.6. The summed E-state index contributed by atoms with van der Waals surface area (Å²) in [4.78, 5) is 7.51. The summed E-state index contributed by atoms with van der Waals surface area (Å²) in [7, 11) is 2.17. The smallest absolute Gasteiger partial charge is 0.124 e. The molecule has 136 valence electrons. The van der Waals surface area contributed by atoms with E-state index in [1.807, 2.05) is 18.2 Å². The first-order chi connectivity index (χ1) is 12.5. The van der Waals surface area contributed by atoms with Gasteiger partial charge in [0.2, 0.25) is 0 Å². The van der Waals surface area contributed by atoms with Gasteiger partial charge in [-0.15, -0.1) is 0 Å². The Labute approximate surface area is 155 Å². The first-order valence-electron chi connectivity index (χ1n) is 9.45. The maximum atomic E-state index is 10.4. The zero-order chi connectivity index (χ0) is 18.1. The lowest BCUT2D eigenvalue weighted by molar-refractivity contribution is 0.144. The third-order valence-electron chi connectivity index (χ3n) is 5.70. The maximum absolute atomic E-state index is 10.4. The largest absolute Gasteiger partial charge is 0.507 e. The Balaban J connectivity index is 1.73. The number of aliphatic imine (C=N–C) groups is 1. The molecule has 0 amide bonds. The molecule has 26 heavy (non-hydrogen) atoms. The van der Waals surface area contributed by atoms with Gasteiger partial charge in [0, 0.05) is 36.8 Å². The first-order valence-corrected chi connectivity index (χ1v) is 9.45. The molecule has 2 aromatic carbocycles. The number of aryl methyl sites for hydroxylation is 1. The second-order valence-corrected chi connectivity index (χ2v) is 7.72. The van der Waals surface area contributed by atoms with E-state index in [0.717, 1.165) is 43.6 Å². The molecule has 2 aliphatic rings. The van der Waals surface area contributed by atoms with E-state index in [9.17, 15) is 5.11 Å². The molecule has 0 saturated carbocycles. The number of phenolic OH excluding ortho intramolecular Hbond substituents is 1. The molecule has 0 aromatic heterocycles. The van der Waals surface area contributed by atoms with Gasteiger partial charge in [-0.3, -0.25) is 10.3 Å². The van der Waals surface area contributed by atoms with Crippen molar-refractivity contribution in [2.75, 3.05) is 20.1 Å². The van der Waals surface area contributed by atoms with Crippen molar-refractivity contribution in [2.45, 2.75) is 37.9 Å². The number of hydrogen-bond donors (Lipinski definition) is 2. The molecule has 0 radical (unpaired) electrons. The Hall–Kier alpha value is -2.17. The number of hydrogen-bond acceptors (Lipinski definition) is 4. The normalized spacial score (nSPS) is 23.0. The van der Waals surface area contributed by atoms with Crippen LogP contribution in [0.15, 0.2) is 53.5 Å². The standard InChI is InChI=1S/C22H27N3O/c1-16-7-9-17(10-8-16)19-15-20(18-5-3-4-6-21(18)26)24-22(23-19)11-13-25(2)14-12-22/h3-10,19,23,26H,11-15H2,1-2H3/t19-/m1/s1. The first kappa shape index (κ1) is 17.3. The van der Waals surface area contributed by atoms with Gasteiger partial charge in [0.05, 0.1) is 0 Å². The van der Waals surface area contributed by atoms with E-state index < -0.39 is 0 Å². The van der Waals surface area contributed by atoms with E-state index in [0.29, 0.717) is 5.75 Å². The maximum Gasteiger partial charge on any atom is 0.124 e. The van der Waals surface area contributed by atoms with Crippen molar-refractivity contribution in [3.05, 3.63) is 65.2 Å². The van der Waals surface area contributed by atoms with Gasteiger partial charge < -0.3 is 10.0 Å². The summed E-state index contributed by atoms with van der Waals surface area (Å²) >= 11 is 0. The molecule has 1 saturated heterocycles. The number of piperidine rings is 1. The minimum atomic E-state index is -0.238. The topological polar surface area (TPSA) is 47.9 Å². The molecule has 1 fully saturated rings. The Kier molecular flexibility index (Phi) is 4.55. The van der Waals surface area contributed by atoms with Crippen LogP contribution in [0.4, 0.5) is 0 Å². The van der Waals surface area contributed by atoms with Crippen LogP contribution < -0.4 is 5.32 Å². The van der Waals surface area contributed by atoms with Crippen molar-refractivity contribution < 1.29 is 5.11 Å². The Morgan fingerprint density at radius 3 is 2.46 bits per heavy atom. The predicted octanol–water partition coefficient (Wildman–Crippen LogP) is 3.65. The fourth-order valence-electron chi connectivity index (χ4n) is 4.04. The molecule has 1 atom stereocenters. The molecule has 2 heterocycles. The van der Waals surface area contributed by atoms with Gasteiger partial charge in [-0.2, -0.15) is 0 Å². The van der Waals surface area contributed by atoms with Gasteiger partial charge in [-0.1, -0.05) is 42.0 Å². The summed E-state index contributed by atoms with van der Waals surface area (Å²) in [5.74, 6) is 0.318. The molecule has 2 N–H and O–H groups in total. The van der Waals surface area contributed by atoms with Crippen LogP contribution in [-0.2, 0) is 0 Å². The summed E-state index contributed by atoms with van der Waals surface area (Å²) in [6.45, 7) is 4.18. The monoisotopic (exact) mass is 349 g/mol. The highest BCUT2D eigenvalue weighted by Crippen LogP contribution is 2.36. The van der Waals surface area contributed by atoms with Crippen molar-refractivity contribution in [3.63, 3.8) is 0 Å². The van der Waals surface area contributed by atoms with Gasteiger partial charge >= 0.3 is 0 Å². The number of nitrogens with one attached hydrogen (secondary N) is 1. The average Bonchev–Trinajstić information content (AvgIpc) is 2.65. The molecule has 2 aliphatic heterocycles. The van der Waals surface area contributed by atoms with E-state index in [2.05, 4.69) is 48.5 Å². The van der Waals surface area contributed by atoms with Crippen LogP contribution in [0.25, 0.3) is 0 Å². The Morgan fingerprint density at radius 1 is 1.08 bits per heavy atom. The van der Waals surface area contributed by atoms with E-state index in [1.165, 1.54) is 11.1 Å². The molecule has 2 aromatic rings. The summed E-state index contributed by atoms with van der Waals surface area (Å²) in [5.41, 5.74) is 4.20. The summed E-state index contributed by atoms with van der Waals surface area (Å²) < 4.78 is 0.